The van der Waals surface area contributed by atoms with Crippen LogP contribution in [0.3, 0.4) is 0 Å². The molecule has 2 aliphatic rings. The molecule has 0 bridgehead atoms. The Morgan fingerprint density at radius 3 is 2.19 bits per heavy atom. The molecule has 1 aromatic rings. The van der Waals surface area contributed by atoms with Gasteiger partial charge < -0.3 is 25.4 Å². The molecule has 2 heterocycles. The van der Waals surface area contributed by atoms with Crippen molar-refractivity contribution >= 4 is 17.6 Å². The summed E-state index contributed by atoms with van der Waals surface area (Å²) < 4.78 is 11.7. The van der Waals surface area contributed by atoms with E-state index in [-0.39, 0.29) is 5.60 Å². The Morgan fingerprint density at radius 2 is 1.67 bits per heavy atom. The van der Waals surface area contributed by atoms with Crippen molar-refractivity contribution < 1.29 is 29.3 Å². The molecule has 1 aromatic carbocycles. The molecule has 0 saturated carbocycles. The molecule has 1 fully saturated rings. The number of ether oxygens (including phenoxy) is 2. The van der Waals surface area contributed by atoms with Crippen LogP contribution in [0.25, 0.3) is 0 Å². The zero-order valence-corrected chi connectivity index (χ0v) is 16.3. The zero-order chi connectivity index (χ0) is 20.4. The van der Waals surface area contributed by atoms with Gasteiger partial charge >= 0.3 is 11.9 Å². The Hall–Kier alpha value is -2.32. The number of carboxylic acid groups (broad SMARTS) is 2. The van der Waals surface area contributed by atoms with E-state index in [1.54, 1.807) is 0 Å². The molecule has 3 rings (SSSR count). The Balaban J connectivity index is 0.000000380. The number of nitrogens with zero attached hydrogens (tertiary/aromatic N) is 1. The van der Waals surface area contributed by atoms with E-state index in [0.717, 1.165) is 50.7 Å². The highest BCUT2D eigenvalue weighted by Gasteiger charge is 2.35. The Kier molecular flexibility index (Phi) is 6.33. The number of morpholine rings is 1. The Labute approximate surface area is 158 Å². The molecule has 0 aromatic heterocycles. The second-order valence-electron chi connectivity index (χ2n) is 7.49. The van der Waals surface area contributed by atoms with Gasteiger partial charge in [-0.05, 0) is 38.8 Å². The van der Waals surface area contributed by atoms with Crippen molar-refractivity contribution in [1.29, 1.82) is 0 Å². The van der Waals surface area contributed by atoms with Crippen LogP contribution in [0.1, 0.15) is 36.1 Å². The van der Waals surface area contributed by atoms with Crippen LogP contribution in [0.5, 0.6) is 5.75 Å². The number of carboxylic acids is 2. The van der Waals surface area contributed by atoms with Crippen molar-refractivity contribution in [2.45, 2.75) is 46.3 Å². The number of aliphatic carboxylic acids is 2. The third-order valence-electron chi connectivity index (χ3n) is 4.91. The van der Waals surface area contributed by atoms with Crippen LogP contribution in [-0.2, 0) is 27.3 Å². The van der Waals surface area contributed by atoms with Crippen LogP contribution >= 0.6 is 0 Å². The van der Waals surface area contributed by atoms with Gasteiger partial charge in [0.15, 0.2) is 0 Å². The molecule has 2 aliphatic heterocycles. The van der Waals surface area contributed by atoms with Gasteiger partial charge in [-0.3, -0.25) is 4.90 Å². The second kappa shape index (κ2) is 8.14. The van der Waals surface area contributed by atoms with Crippen LogP contribution in [-0.4, -0.2) is 59.0 Å². The number of hydrogen-bond acceptors (Lipinski definition) is 6. The molecule has 8 nitrogen and oxygen atoms in total. The number of carbonyl (C=O) groups is 2. The van der Waals surface area contributed by atoms with Crippen molar-refractivity contribution in [3.8, 4) is 5.75 Å². The third kappa shape index (κ3) is 4.90. The highest BCUT2D eigenvalue weighted by molar-refractivity contribution is 6.27. The second-order valence-corrected chi connectivity index (χ2v) is 7.49. The Morgan fingerprint density at radius 1 is 1.11 bits per heavy atom. The van der Waals surface area contributed by atoms with E-state index in [1.807, 2.05) is 0 Å². The highest BCUT2D eigenvalue weighted by Crippen LogP contribution is 2.44. The molecule has 0 unspecified atom stereocenters. The highest BCUT2D eigenvalue weighted by atomic mass is 16.5. The maximum Gasteiger partial charge on any atom is 0.414 e. The molecule has 0 spiro atoms. The summed E-state index contributed by atoms with van der Waals surface area (Å²) in [6, 6.07) is 0. The van der Waals surface area contributed by atoms with Crippen molar-refractivity contribution in [3.63, 3.8) is 0 Å². The van der Waals surface area contributed by atoms with Crippen LogP contribution in [0, 0.1) is 13.8 Å². The molecular weight excluding hydrogens is 352 g/mol. The SMILES string of the molecule is Cc1c(N)c(C)c2c(c1CN1CCOCC1)OC(C)(C)C2.O=C(O)C(=O)O. The van der Waals surface area contributed by atoms with Gasteiger partial charge in [-0.25, -0.2) is 9.59 Å². The van der Waals surface area contributed by atoms with E-state index in [2.05, 4.69) is 32.6 Å². The summed E-state index contributed by atoms with van der Waals surface area (Å²) in [7, 11) is 0. The average Bonchev–Trinajstić information content (AvgIpc) is 2.94. The quantitative estimate of drug-likeness (QED) is 0.522. The fourth-order valence-electron chi connectivity index (χ4n) is 3.38. The monoisotopic (exact) mass is 380 g/mol. The molecule has 27 heavy (non-hydrogen) atoms. The number of rotatable bonds is 2. The van der Waals surface area contributed by atoms with E-state index in [4.69, 9.17) is 35.0 Å². The van der Waals surface area contributed by atoms with Crippen LogP contribution in [0.15, 0.2) is 0 Å². The van der Waals surface area contributed by atoms with Gasteiger partial charge in [0.2, 0.25) is 0 Å². The molecule has 0 atom stereocenters. The number of nitrogen functional groups attached to an aromatic ring is 1. The van der Waals surface area contributed by atoms with Crippen LogP contribution < -0.4 is 10.5 Å². The van der Waals surface area contributed by atoms with Crippen molar-refractivity contribution in [2.75, 3.05) is 32.0 Å². The fourth-order valence-corrected chi connectivity index (χ4v) is 3.38. The number of benzene rings is 1. The van der Waals surface area contributed by atoms with Gasteiger partial charge in [0.05, 0.1) is 13.2 Å². The minimum atomic E-state index is -1.82. The lowest BCUT2D eigenvalue weighted by molar-refractivity contribution is -0.159. The molecule has 150 valence electrons. The molecule has 4 N–H and O–H groups in total. The van der Waals surface area contributed by atoms with Gasteiger partial charge in [0.1, 0.15) is 11.4 Å². The van der Waals surface area contributed by atoms with E-state index in [1.165, 1.54) is 22.3 Å². The summed E-state index contributed by atoms with van der Waals surface area (Å²) in [6.07, 6.45) is 0.939. The number of fused-ring (bicyclic) bond motifs is 1. The van der Waals surface area contributed by atoms with Gasteiger partial charge in [0.25, 0.3) is 0 Å². The number of anilines is 1. The van der Waals surface area contributed by atoms with Gasteiger partial charge in [-0.1, -0.05) is 0 Å². The van der Waals surface area contributed by atoms with E-state index in [0.29, 0.717) is 0 Å². The van der Waals surface area contributed by atoms with E-state index < -0.39 is 11.9 Å². The van der Waals surface area contributed by atoms with Crippen LogP contribution in [0.4, 0.5) is 5.69 Å². The number of nitrogens with two attached hydrogens (primary N) is 1. The maximum absolute atomic E-state index is 9.10. The van der Waals surface area contributed by atoms with Gasteiger partial charge in [-0.2, -0.15) is 0 Å². The van der Waals surface area contributed by atoms with Crippen molar-refractivity contribution in [1.82, 2.24) is 4.90 Å². The summed E-state index contributed by atoms with van der Waals surface area (Å²) in [5, 5.41) is 14.8. The first kappa shape index (κ1) is 21.0. The largest absolute Gasteiger partial charge is 0.487 e. The lowest BCUT2D eigenvalue weighted by Gasteiger charge is -2.29. The lowest BCUT2D eigenvalue weighted by atomic mass is 9.92. The van der Waals surface area contributed by atoms with E-state index >= 15 is 0 Å². The summed E-state index contributed by atoms with van der Waals surface area (Å²) in [6.45, 7) is 13.0. The maximum atomic E-state index is 9.10. The molecule has 0 amide bonds. The zero-order valence-electron chi connectivity index (χ0n) is 16.3. The summed E-state index contributed by atoms with van der Waals surface area (Å²) in [5.41, 5.74) is 12.1. The predicted molar refractivity (Wildman–Crippen MR) is 100 cm³/mol. The Bertz CT molecular complexity index is 726. The first-order valence-electron chi connectivity index (χ1n) is 8.89. The molecule has 0 radical (unpaired) electrons. The minimum absolute atomic E-state index is 0.132. The predicted octanol–water partition coefficient (Wildman–Crippen LogP) is 1.59. The third-order valence-corrected chi connectivity index (χ3v) is 4.91. The number of hydrogen-bond donors (Lipinski definition) is 3. The standard InChI is InChI=1S/C17H26N2O2.C2H2O4/c1-11-13-9-17(3,4)21-16(13)14(12(2)15(11)18)10-19-5-7-20-8-6-19;3-1(4)2(5)6/h5-10,18H2,1-4H3;(H,3,4)(H,5,6). The topological polar surface area (TPSA) is 122 Å². The molecule has 0 aliphatic carbocycles. The lowest BCUT2D eigenvalue weighted by Crippen LogP contribution is -2.36. The fraction of sp³-hybridized carbons (Fsp3) is 0.579. The summed E-state index contributed by atoms with van der Waals surface area (Å²) in [5.74, 6) is -2.57. The van der Waals surface area contributed by atoms with Gasteiger partial charge in [-0.15, -0.1) is 0 Å². The molecule has 8 heteroatoms. The molecular formula is C19H28N2O6. The van der Waals surface area contributed by atoms with Crippen LogP contribution in [0.2, 0.25) is 0 Å². The normalized spacial score (nSPS) is 18.1. The first-order chi connectivity index (χ1) is 12.5. The summed E-state index contributed by atoms with van der Waals surface area (Å²) >= 11 is 0. The van der Waals surface area contributed by atoms with E-state index in [9.17, 15) is 0 Å². The smallest absolute Gasteiger partial charge is 0.414 e. The minimum Gasteiger partial charge on any atom is -0.487 e. The molecule has 1 saturated heterocycles. The summed E-state index contributed by atoms with van der Waals surface area (Å²) in [4.78, 5) is 20.6. The van der Waals surface area contributed by atoms with Crippen molar-refractivity contribution in [3.05, 3.63) is 22.3 Å². The average molecular weight is 380 g/mol. The van der Waals surface area contributed by atoms with Gasteiger partial charge in [0, 0.05) is 42.9 Å². The first-order valence-corrected chi connectivity index (χ1v) is 8.89. The van der Waals surface area contributed by atoms with Crippen molar-refractivity contribution in [2.24, 2.45) is 0 Å².